The number of para-hydroxylation sites is 3. The number of nitrogens with zero attached hydrogens (tertiary/aromatic N) is 1. The number of hydrogen-bond acceptors (Lipinski definition) is 5. The topological polar surface area (TPSA) is 87.7 Å². The van der Waals surface area contributed by atoms with Gasteiger partial charge in [0.1, 0.15) is 16.7 Å². The summed E-state index contributed by atoms with van der Waals surface area (Å²) in [6, 6.07) is 13.3. The van der Waals surface area contributed by atoms with E-state index in [4.69, 9.17) is 4.74 Å². The van der Waals surface area contributed by atoms with Gasteiger partial charge in [-0.15, -0.1) is 0 Å². The van der Waals surface area contributed by atoms with Crippen molar-refractivity contribution in [1.82, 2.24) is 4.72 Å². The Kier molecular flexibility index (Phi) is 4.08. The number of benzene rings is 2. The minimum Gasteiger partial charge on any atom is -0.495 e. The number of nitrogens with one attached hydrogen (secondary N) is 2. The molecule has 1 saturated heterocycles. The molecule has 0 bridgehead atoms. The summed E-state index contributed by atoms with van der Waals surface area (Å²) in [4.78, 5) is 14.4. The number of hydrogen-bond donors (Lipinski definition) is 2. The highest BCUT2D eigenvalue weighted by Gasteiger charge is 2.42. The highest BCUT2D eigenvalue weighted by atomic mass is 32.2. The summed E-state index contributed by atoms with van der Waals surface area (Å²) in [7, 11) is -2.32. The largest absolute Gasteiger partial charge is 0.495 e. The molecule has 2 aliphatic heterocycles. The fraction of sp³-hybridized carbons (Fsp3) is 0.278. The SMILES string of the molecule is COc1ccccc1S(=O)(=O)NC1CC2C(=O)Nc3ccccc3N2C1. The molecule has 0 radical (unpaired) electrons. The van der Waals surface area contributed by atoms with Crippen molar-refractivity contribution in [3.63, 3.8) is 0 Å². The Bertz CT molecular complexity index is 960. The monoisotopic (exact) mass is 373 g/mol. The Morgan fingerprint density at radius 2 is 1.88 bits per heavy atom. The lowest BCUT2D eigenvalue weighted by Crippen LogP contribution is -2.44. The highest BCUT2D eigenvalue weighted by Crippen LogP contribution is 2.36. The zero-order chi connectivity index (χ0) is 18.3. The van der Waals surface area contributed by atoms with Gasteiger partial charge in [0.2, 0.25) is 15.9 Å². The molecule has 0 aromatic heterocycles. The lowest BCUT2D eigenvalue weighted by atomic mass is 10.1. The molecule has 1 amide bonds. The minimum absolute atomic E-state index is 0.0947. The van der Waals surface area contributed by atoms with Gasteiger partial charge in [-0.1, -0.05) is 24.3 Å². The molecule has 26 heavy (non-hydrogen) atoms. The summed E-state index contributed by atoms with van der Waals surface area (Å²) in [5.74, 6) is 0.182. The van der Waals surface area contributed by atoms with Gasteiger partial charge in [-0.05, 0) is 30.7 Å². The van der Waals surface area contributed by atoms with E-state index in [1.54, 1.807) is 18.2 Å². The average Bonchev–Trinajstić information content (AvgIpc) is 3.05. The molecule has 2 aromatic carbocycles. The fourth-order valence-corrected chi connectivity index (χ4v) is 5.02. The standard InChI is InChI=1S/C18H19N3O4S/c1-25-16-8-4-5-9-17(16)26(23,24)20-12-10-15-18(22)19-13-6-2-3-7-14(13)21(15)11-12/h2-9,12,15,20H,10-11H2,1H3,(H,19,22). The molecular formula is C18H19N3O4S. The number of ether oxygens (including phenoxy) is 1. The fourth-order valence-electron chi connectivity index (χ4n) is 3.61. The predicted octanol–water partition coefficient (Wildman–Crippen LogP) is 1.57. The van der Waals surface area contributed by atoms with Crippen LogP contribution in [-0.2, 0) is 14.8 Å². The van der Waals surface area contributed by atoms with E-state index >= 15 is 0 Å². The Morgan fingerprint density at radius 3 is 2.69 bits per heavy atom. The Morgan fingerprint density at radius 1 is 1.15 bits per heavy atom. The molecule has 2 aliphatic rings. The number of amides is 1. The van der Waals surface area contributed by atoms with Crippen molar-refractivity contribution >= 4 is 27.3 Å². The Balaban J connectivity index is 1.59. The van der Waals surface area contributed by atoms with Crippen LogP contribution in [0.1, 0.15) is 6.42 Å². The zero-order valence-electron chi connectivity index (χ0n) is 14.2. The predicted molar refractivity (Wildman–Crippen MR) is 97.9 cm³/mol. The van der Waals surface area contributed by atoms with Gasteiger partial charge < -0.3 is 15.0 Å². The first kappa shape index (κ1) is 16.9. The maximum atomic E-state index is 12.8. The van der Waals surface area contributed by atoms with E-state index in [9.17, 15) is 13.2 Å². The summed E-state index contributed by atoms with van der Waals surface area (Å²) in [5.41, 5.74) is 1.66. The van der Waals surface area contributed by atoms with E-state index in [0.717, 1.165) is 11.4 Å². The van der Waals surface area contributed by atoms with Crippen LogP contribution < -0.4 is 19.7 Å². The molecule has 2 atom stereocenters. The molecule has 0 spiro atoms. The van der Waals surface area contributed by atoms with Crippen LogP contribution in [-0.4, -0.2) is 40.1 Å². The van der Waals surface area contributed by atoms with Crippen molar-refractivity contribution in [2.75, 3.05) is 23.9 Å². The van der Waals surface area contributed by atoms with Crippen molar-refractivity contribution in [3.8, 4) is 5.75 Å². The summed E-state index contributed by atoms with van der Waals surface area (Å²) in [6.07, 6.45) is 0.411. The van der Waals surface area contributed by atoms with Crippen molar-refractivity contribution in [3.05, 3.63) is 48.5 Å². The molecule has 0 aliphatic carbocycles. The molecule has 7 nitrogen and oxygen atoms in total. The number of rotatable bonds is 4. The molecule has 4 rings (SSSR count). The first-order valence-corrected chi connectivity index (χ1v) is 9.80. The summed E-state index contributed by atoms with van der Waals surface area (Å²) in [6.45, 7) is 0.434. The van der Waals surface area contributed by atoms with Crippen molar-refractivity contribution in [2.24, 2.45) is 0 Å². The van der Waals surface area contributed by atoms with Crippen LogP contribution in [0.25, 0.3) is 0 Å². The summed E-state index contributed by atoms with van der Waals surface area (Å²) < 4.78 is 33.5. The molecule has 8 heteroatoms. The normalized spacial score (nSPS) is 21.7. The van der Waals surface area contributed by atoms with Crippen molar-refractivity contribution in [1.29, 1.82) is 0 Å². The van der Waals surface area contributed by atoms with E-state index in [1.807, 2.05) is 29.2 Å². The Labute approximate surface area is 152 Å². The van der Waals surface area contributed by atoms with E-state index < -0.39 is 10.0 Å². The number of methoxy groups -OCH3 is 1. The first-order chi connectivity index (χ1) is 12.5. The van der Waals surface area contributed by atoms with Crippen LogP contribution >= 0.6 is 0 Å². The van der Waals surface area contributed by atoms with Gasteiger partial charge in [0, 0.05) is 12.6 Å². The van der Waals surface area contributed by atoms with E-state index in [1.165, 1.54) is 13.2 Å². The number of sulfonamides is 1. The average molecular weight is 373 g/mol. The molecule has 136 valence electrons. The summed E-state index contributed by atoms with van der Waals surface area (Å²) in [5, 5.41) is 2.89. The van der Waals surface area contributed by atoms with Gasteiger partial charge in [-0.25, -0.2) is 13.1 Å². The third-order valence-corrected chi connectivity index (χ3v) is 6.32. The van der Waals surface area contributed by atoms with Gasteiger partial charge in [0.05, 0.1) is 18.5 Å². The minimum atomic E-state index is -3.76. The molecule has 2 aromatic rings. The quantitative estimate of drug-likeness (QED) is 0.850. The highest BCUT2D eigenvalue weighted by molar-refractivity contribution is 7.89. The maximum Gasteiger partial charge on any atom is 0.247 e. The van der Waals surface area contributed by atoms with Crippen LogP contribution in [0.3, 0.4) is 0 Å². The lowest BCUT2D eigenvalue weighted by molar-refractivity contribution is -0.117. The van der Waals surface area contributed by atoms with Crippen LogP contribution in [0.2, 0.25) is 0 Å². The maximum absolute atomic E-state index is 12.8. The molecule has 0 saturated carbocycles. The third kappa shape index (κ3) is 2.81. The van der Waals surface area contributed by atoms with Gasteiger partial charge in [-0.2, -0.15) is 0 Å². The lowest BCUT2D eigenvalue weighted by Gasteiger charge is -2.32. The zero-order valence-corrected chi connectivity index (χ0v) is 15.0. The molecule has 1 fully saturated rings. The van der Waals surface area contributed by atoms with Gasteiger partial charge in [0.15, 0.2) is 0 Å². The molecule has 2 unspecified atom stereocenters. The van der Waals surface area contributed by atoms with Gasteiger partial charge >= 0.3 is 0 Å². The first-order valence-electron chi connectivity index (χ1n) is 8.31. The number of carbonyl (C=O) groups is 1. The second-order valence-corrected chi connectivity index (χ2v) is 8.06. The number of anilines is 2. The van der Waals surface area contributed by atoms with E-state index in [0.29, 0.717) is 18.7 Å². The third-order valence-electron chi connectivity index (χ3n) is 4.76. The Hall–Kier alpha value is -2.58. The van der Waals surface area contributed by atoms with Crippen LogP contribution in [0.5, 0.6) is 5.75 Å². The van der Waals surface area contributed by atoms with Crippen LogP contribution in [0.15, 0.2) is 53.4 Å². The number of fused-ring (bicyclic) bond motifs is 3. The smallest absolute Gasteiger partial charge is 0.247 e. The van der Waals surface area contributed by atoms with Gasteiger partial charge in [-0.3, -0.25) is 4.79 Å². The second kappa shape index (κ2) is 6.30. The van der Waals surface area contributed by atoms with E-state index in [-0.39, 0.29) is 22.9 Å². The van der Waals surface area contributed by atoms with E-state index in [2.05, 4.69) is 10.0 Å². The molecule has 2 heterocycles. The molecule has 2 N–H and O–H groups in total. The van der Waals surface area contributed by atoms with Crippen LogP contribution in [0, 0.1) is 0 Å². The van der Waals surface area contributed by atoms with Crippen molar-refractivity contribution in [2.45, 2.75) is 23.4 Å². The number of carbonyl (C=O) groups excluding carboxylic acids is 1. The second-order valence-electron chi connectivity index (χ2n) is 6.38. The molecular weight excluding hydrogens is 354 g/mol. The van der Waals surface area contributed by atoms with Crippen LogP contribution in [0.4, 0.5) is 11.4 Å². The van der Waals surface area contributed by atoms with Crippen molar-refractivity contribution < 1.29 is 17.9 Å². The summed E-state index contributed by atoms with van der Waals surface area (Å²) >= 11 is 0. The van der Waals surface area contributed by atoms with Gasteiger partial charge in [0.25, 0.3) is 0 Å².